The molecule has 2 atom stereocenters. The fourth-order valence-electron chi connectivity index (χ4n) is 2.66. The summed E-state index contributed by atoms with van der Waals surface area (Å²) in [6.45, 7) is 3.70. The molecule has 0 N–H and O–H groups in total. The molecule has 0 aromatic rings. The van der Waals surface area contributed by atoms with Gasteiger partial charge in [0, 0.05) is 12.6 Å². The summed E-state index contributed by atoms with van der Waals surface area (Å²) < 4.78 is 5.52. The Hall–Kier alpha value is -0.0800. The number of fused-ring (bicyclic) bond motifs is 1. The summed E-state index contributed by atoms with van der Waals surface area (Å²) in [6.07, 6.45) is 5.46. The molecule has 0 aliphatic carbocycles. The van der Waals surface area contributed by atoms with Gasteiger partial charge in [-0.15, -0.1) is 0 Å². The van der Waals surface area contributed by atoms with Gasteiger partial charge in [0.15, 0.2) is 0 Å². The lowest BCUT2D eigenvalue weighted by Crippen LogP contribution is -2.41. The second kappa shape index (κ2) is 1.99. The largest absolute Gasteiger partial charge is 0.369 e. The molecule has 0 amide bonds. The molecular weight excluding hydrogens is 138 g/mol. The maximum absolute atomic E-state index is 5.52. The quantitative estimate of drug-likeness (QED) is 0.483. The summed E-state index contributed by atoms with van der Waals surface area (Å²) in [5.41, 5.74) is 0.380. The zero-order valence-corrected chi connectivity index (χ0v) is 6.88. The third-order valence-corrected chi connectivity index (χ3v) is 3.51. The van der Waals surface area contributed by atoms with E-state index in [1.54, 1.807) is 0 Å². The van der Waals surface area contributed by atoms with Crippen molar-refractivity contribution in [2.75, 3.05) is 19.7 Å². The molecule has 3 heterocycles. The standard InChI is InChI=1S/C9H15NO/c1-2-8-6-9(7-11-9)3-5-10(8)4-1/h8H,1-7H2/t8-,9+/m0/s1. The molecule has 2 heteroatoms. The minimum absolute atomic E-state index is 0.380. The van der Waals surface area contributed by atoms with Crippen LogP contribution in [0.4, 0.5) is 0 Å². The maximum atomic E-state index is 5.52. The van der Waals surface area contributed by atoms with Crippen molar-refractivity contribution in [3.05, 3.63) is 0 Å². The van der Waals surface area contributed by atoms with Crippen molar-refractivity contribution in [1.29, 1.82) is 0 Å². The van der Waals surface area contributed by atoms with Gasteiger partial charge in [-0.25, -0.2) is 0 Å². The average molecular weight is 153 g/mol. The first-order valence-corrected chi connectivity index (χ1v) is 4.76. The van der Waals surface area contributed by atoms with E-state index in [1.807, 2.05) is 0 Å². The molecule has 0 unspecified atom stereocenters. The minimum Gasteiger partial charge on any atom is -0.369 e. The molecule has 3 saturated heterocycles. The van der Waals surface area contributed by atoms with Crippen LogP contribution >= 0.6 is 0 Å². The molecule has 62 valence electrons. The first kappa shape index (κ1) is 6.44. The number of ether oxygens (including phenoxy) is 1. The van der Waals surface area contributed by atoms with E-state index in [4.69, 9.17) is 4.74 Å². The van der Waals surface area contributed by atoms with E-state index in [9.17, 15) is 0 Å². The van der Waals surface area contributed by atoms with Gasteiger partial charge in [0.25, 0.3) is 0 Å². The SMILES string of the molecule is C1C[C@H]2C[C@]3(CCN2C1)CO3. The average Bonchev–Trinajstić information content (AvgIpc) is 2.63. The zero-order valence-electron chi connectivity index (χ0n) is 6.88. The summed E-state index contributed by atoms with van der Waals surface area (Å²) in [6, 6.07) is 0.881. The normalized spacial score (nSPS) is 49.6. The minimum atomic E-state index is 0.380. The van der Waals surface area contributed by atoms with Crippen LogP contribution < -0.4 is 0 Å². The molecule has 0 bridgehead atoms. The lowest BCUT2D eigenvalue weighted by atomic mass is 9.92. The van der Waals surface area contributed by atoms with Crippen LogP contribution in [0.3, 0.4) is 0 Å². The summed E-state index contributed by atoms with van der Waals surface area (Å²) in [7, 11) is 0. The first-order valence-electron chi connectivity index (χ1n) is 4.76. The van der Waals surface area contributed by atoms with Crippen LogP contribution in [0.5, 0.6) is 0 Å². The van der Waals surface area contributed by atoms with Crippen molar-refractivity contribution in [1.82, 2.24) is 4.90 Å². The molecular formula is C9H15NO. The fourth-order valence-corrected chi connectivity index (χ4v) is 2.66. The number of epoxide rings is 1. The van der Waals surface area contributed by atoms with Crippen molar-refractivity contribution in [2.45, 2.75) is 37.3 Å². The second-order valence-corrected chi connectivity index (χ2v) is 4.26. The molecule has 0 aromatic carbocycles. The predicted molar refractivity (Wildman–Crippen MR) is 42.5 cm³/mol. The molecule has 2 nitrogen and oxygen atoms in total. The van der Waals surface area contributed by atoms with Gasteiger partial charge in [0.05, 0.1) is 12.2 Å². The molecule has 3 aliphatic rings. The van der Waals surface area contributed by atoms with Gasteiger partial charge in [-0.3, -0.25) is 0 Å². The first-order chi connectivity index (χ1) is 5.38. The van der Waals surface area contributed by atoms with Gasteiger partial charge in [0.2, 0.25) is 0 Å². The topological polar surface area (TPSA) is 15.8 Å². The number of hydrogen-bond acceptors (Lipinski definition) is 2. The van der Waals surface area contributed by atoms with Crippen molar-refractivity contribution >= 4 is 0 Å². The Balaban J connectivity index is 1.75. The van der Waals surface area contributed by atoms with E-state index in [1.165, 1.54) is 38.8 Å². The van der Waals surface area contributed by atoms with E-state index >= 15 is 0 Å². The molecule has 11 heavy (non-hydrogen) atoms. The van der Waals surface area contributed by atoms with Crippen LogP contribution in [0.15, 0.2) is 0 Å². The van der Waals surface area contributed by atoms with E-state index in [0.717, 1.165) is 12.6 Å². The molecule has 0 saturated carbocycles. The van der Waals surface area contributed by atoms with Gasteiger partial charge < -0.3 is 9.64 Å². The Morgan fingerprint density at radius 3 is 3.09 bits per heavy atom. The fraction of sp³-hybridized carbons (Fsp3) is 1.00. The smallest absolute Gasteiger partial charge is 0.0943 e. The van der Waals surface area contributed by atoms with E-state index in [0.29, 0.717) is 5.60 Å². The van der Waals surface area contributed by atoms with Gasteiger partial charge in [-0.1, -0.05) is 0 Å². The molecule has 1 spiro atoms. The van der Waals surface area contributed by atoms with Gasteiger partial charge in [-0.05, 0) is 32.2 Å². The highest BCUT2D eigenvalue weighted by molar-refractivity contribution is 5.02. The summed E-state index contributed by atoms with van der Waals surface area (Å²) in [4.78, 5) is 2.65. The van der Waals surface area contributed by atoms with Crippen LogP contribution in [0.1, 0.15) is 25.7 Å². The highest BCUT2D eigenvalue weighted by Crippen LogP contribution is 2.43. The van der Waals surface area contributed by atoms with Crippen molar-refractivity contribution in [2.24, 2.45) is 0 Å². The Kier molecular flexibility index (Phi) is 1.16. The molecule has 3 rings (SSSR count). The second-order valence-electron chi connectivity index (χ2n) is 4.26. The van der Waals surface area contributed by atoms with Crippen molar-refractivity contribution < 1.29 is 4.74 Å². The maximum Gasteiger partial charge on any atom is 0.0943 e. The Morgan fingerprint density at radius 2 is 2.27 bits per heavy atom. The number of hydrogen-bond donors (Lipinski definition) is 0. The summed E-state index contributed by atoms with van der Waals surface area (Å²) in [5.74, 6) is 0. The van der Waals surface area contributed by atoms with Crippen molar-refractivity contribution in [3.63, 3.8) is 0 Å². The summed E-state index contributed by atoms with van der Waals surface area (Å²) >= 11 is 0. The third kappa shape index (κ3) is 0.926. The lowest BCUT2D eigenvalue weighted by Gasteiger charge is -2.33. The third-order valence-electron chi connectivity index (χ3n) is 3.51. The number of rotatable bonds is 0. The number of piperidine rings is 1. The highest BCUT2D eigenvalue weighted by atomic mass is 16.6. The van der Waals surface area contributed by atoms with Crippen LogP contribution in [-0.2, 0) is 4.74 Å². The number of nitrogens with zero attached hydrogens (tertiary/aromatic N) is 1. The van der Waals surface area contributed by atoms with Crippen LogP contribution in [0.25, 0.3) is 0 Å². The Bertz CT molecular complexity index is 176. The lowest BCUT2D eigenvalue weighted by molar-refractivity contribution is 0.119. The molecule has 3 aliphatic heterocycles. The molecule has 0 radical (unpaired) electrons. The highest BCUT2D eigenvalue weighted by Gasteiger charge is 2.50. The van der Waals surface area contributed by atoms with Crippen LogP contribution in [-0.4, -0.2) is 36.2 Å². The van der Waals surface area contributed by atoms with E-state index < -0.39 is 0 Å². The Labute approximate surface area is 67.5 Å². The monoisotopic (exact) mass is 153 g/mol. The van der Waals surface area contributed by atoms with E-state index in [2.05, 4.69) is 4.90 Å². The van der Waals surface area contributed by atoms with Gasteiger partial charge in [0.1, 0.15) is 0 Å². The summed E-state index contributed by atoms with van der Waals surface area (Å²) in [5, 5.41) is 0. The molecule has 3 fully saturated rings. The van der Waals surface area contributed by atoms with Crippen LogP contribution in [0, 0.1) is 0 Å². The van der Waals surface area contributed by atoms with Crippen LogP contribution in [0.2, 0.25) is 0 Å². The van der Waals surface area contributed by atoms with Gasteiger partial charge >= 0.3 is 0 Å². The van der Waals surface area contributed by atoms with Gasteiger partial charge in [-0.2, -0.15) is 0 Å². The Morgan fingerprint density at radius 1 is 1.36 bits per heavy atom. The predicted octanol–water partition coefficient (Wildman–Crippen LogP) is 1.01. The van der Waals surface area contributed by atoms with Crippen molar-refractivity contribution in [3.8, 4) is 0 Å². The zero-order chi connectivity index (χ0) is 7.31. The molecule has 0 aromatic heterocycles. The van der Waals surface area contributed by atoms with E-state index in [-0.39, 0.29) is 0 Å².